The first-order chi connectivity index (χ1) is 8.88. The number of nitrogens with one attached hydrogen (secondary N) is 1. The lowest BCUT2D eigenvalue weighted by molar-refractivity contribution is 0.278. The largest absolute Gasteiger partial charge is 0.326 e. The highest BCUT2D eigenvalue weighted by atomic mass is 32.2. The van der Waals surface area contributed by atoms with Gasteiger partial charge >= 0.3 is 0 Å². The van der Waals surface area contributed by atoms with Crippen molar-refractivity contribution in [1.29, 1.82) is 0 Å². The number of nitrogens with two attached hydrogens (primary N) is 1. The first kappa shape index (κ1) is 16.1. The number of hydrogen-bond acceptors (Lipinski definition) is 4. The predicted molar refractivity (Wildman–Crippen MR) is 77.3 cm³/mol. The second-order valence-electron chi connectivity index (χ2n) is 4.78. The van der Waals surface area contributed by atoms with Crippen molar-refractivity contribution in [3.05, 3.63) is 29.8 Å². The Morgan fingerprint density at radius 2 is 1.95 bits per heavy atom. The third kappa shape index (κ3) is 4.58. The first-order valence-corrected chi connectivity index (χ1v) is 7.84. The highest BCUT2D eigenvalue weighted by Crippen LogP contribution is 2.14. The van der Waals surface area contributed by atoms with Crippen LogP contribution in [0.1, 0.15) is 19.4 Å². The summed E-state index contributed by atoms with van der Waals surface area (Å²) in [6.07, 6.45) is 0. The standard InChI is InChI=1S/C13H23N3O2S/c1-11(2)16(3)9-8-15-19(17,18)13-7-5-4-6-12(13)10-14/h4-7,11,15H,8-10,14H2,1-3H3. The maximum absolute atomic E-state index is 12.2. The summed E-state index contributed by atoms with van der Waals surface area (Å²) in [5, 5.41) is 0. The average molecular weight is 285 g/mol. The second-order valence-corrected chi connectivity index (χ2v) is 6.52. The lowest BCUT2D eigenvalue weighted by Crippen LogP contribution is -2.36. The summed E-state index contributed by atoms with van der Waals surface area (Å²) in [5.41, 5.74) is 6.20. The molecule has 0 amide bonds. The van der Waals surface area contributed by atoms with E-state index >= 15 is 0 Å². The Labute approximate surface area is 115 Å². The van der Waals surface area contributed by atoms with Crippen molar-refractivity contribution >= 4 is 10.0 Å². The normalized spacial score (nSPS) is 12.3. The van der Waals surface area contributed by atoms with Crippen LogP contribution in [0.3, 0.4) is 0 Å². The number of rotatable bonds is 7. The molecular weight excluding hydrogens is 262 g/mol. The SMILES string of the molecule is CC(C)N(C)CCNS(=O)(=O)c1ccccc1CN. The molecule has 0 unspecified atom stereocenters. The van der Waals surface area contributed by atoms with Gasteiger partial charge in [-0.15, -0.1) is 0 Å². The van der Waals surface area contributed by atoms with Gasteiger partial charge < -0.3 is 10.6 Å². The lowest BCUT2D eigenvalue weighted by Gasteiger charge is -2.21. The fourth-order valence-electron chi connectivity index (χ4n) is 1.63. The van der Waals surface area contributed by atoms with Crippen molar-refractivity contribution in [2.24, 2.45) is 5.73 Å². The van der Waals surface area contributed by atoms with Gasteiger partial charge in [0.05, 0.1) is 4.90 Å². The fourth-order valence-corrected chi connectivity index (χ4v) is 2.90. The van der Waals surface area contributed by atoms with Crippen molar-refractivity contribution in [3.8, 4) is 0 Å². The Kier molecular flexibility index (Phi) is 5.93. The van der Waals surface area contributed by atoms with Crippen LogP contribution in [-0.4, -0.2) is 39.5 Å². The third-order valence-corrected chi connectivity index (χ3v) is 4.68. The maximum atomic E-state index is 12.2. The highest BCUT2D eigenvalue weighted by molar-refractivity contribution is 7.89. The van der Waals surface area contributed by atoms with Crippen molar-refractivity contribution < 1.29 is 8.42 Å². The van der Waals surface area contributed by atoms with Gasteiger partial charge in [-0.3, -0.25) is 0 Å². The highest BCUT2D eigenvalue weighted by Gasteiger charge is 2.17. The molecule has 0 atom stereocenters. The molecule has 0 bridgehead atoms. The van der Waals surface area contributed by atoms with Crippen LogP contribution < -0.4 is 10.5 Å². The average Bonchev–Trinajstić information content (AvgIpc) is 2.38. The number of benzene rings is 1. The Morgan fingerprint density at radius 1 is 1.32 bits per heavy atom. The minimum atomic E-state index is -3.48. The van der Waals surface area contributed by atoms with Crippen molar-refractivity contribution in [3.63, 3.8) is 0 Å². The molecule has 0 heterocycles. The molecule has 19 heavy (non-hydrogen) atoms. The van der Waals surface area contributed by atoms with Gasteiger partial charge in [0.2, 0.25) is 10.0 Å². The Hall–Kier alpha value is -0.950. The molecule has 0 fully saturated rings. The van der Waals surface area contributed by atoms with E-state index in [2.05, 4.69) is 23.5 Å². The van der Waals surface area contributed by atoms with Crippen molar-refractivity contribution in [1.82, 2.24) is 9.62 Å². The molecule has 0 aliphatic heterocycles. The second kappa shape index (κ2) is 7.00. The zero-order valence-corrected chi connectivity index (χ0v) is 12.6. The molecule has 1 rings (SSSR count). The fraction of sp³-hybridized carbons (Fsp3) is 0.538. The summed E-state index contributed by atoms with van der Waals surface area (Å²) >= 11 is 0. The number of likely N-dealkylation sites (N-methyl/N-ethyl adjacent to an activating group) is 1. The summed E-state index contributed by atoms with van der Waals surface area (Å²) in [4.78, 5) is 2.35. The van der Waals surface area contributed by atoms with E-state index in [1.807, 2.05) is 7.05 Å². The Balaban J connectivity index is 2.71. The molecule has 0 spiro atoms. The van der Waals surface area contributed by atoms with Crippen molar-refractivity contribution in [2.75, 3.05) is 20.1 Å². The smallest absolute Gasteiger partial charge is 0.240 e. The molecule has 1 aromatic rings. The zero-order valence-electron chi connectivity index (χ0n) is 11.8. The van der Waals surface area contributed by atoms with Gasteiger partial charge in [-0.05, 0) is 32.5 Å². The third-order valence-electron chi connectivity index (χ3n) is 3.12. The van der Waals surface area contributed by atoms with E-state index in [0.717, 1.165) is 0 Å². The number of hydrogen-bond donors (Lipinski definition) is 2. The summed E-state index contributed by atoms with van der Waals surface area (Å²) in [6, 6.07) is 7.19. The Morgan fingerprint density at radius 3 is 2.53 bits per heavy atom. The van der Waals surface area contributed by atoms with Crippen LogP contribution in [0.2, 0.25) is 0 Å². The van der Waals surface area contributed by atoms with Gasteiger partial charge in [-0.25, -0.2) is 13.1 Å². The van der Waals surface area contributed by atoms with E-state index in [1.54, 1.807) is 24.3 Å². The van der Waals surface area contributed by atoms with Crippen molar-refractivity contribution in [2.45, 2.75) is 31.3 Å². The van der Waals surface area contributed by atoms with Gasteiger partial charge in [0.1, 0.15) is 0 Å². The zero-order chi connectivity index (χ0) is 14.5. The van der Waals surface area contributed by atoms with Crippen LogP contribution in [0.25, 0.3) is 0 Å². The van der Waals surface area contributed by atoms with E-state index in [1.165, 1.54) is 0 Å². The van der Waals surface area contributed by atoms with Gasteiger partial charge in [0.25, 0.3) is 0 Å². The summed E-state index contributed by atoms with van der Waals surface area (Å²) in [6.45, 7) is 5.40. The van der Waals surface area contributed by atoms with E-state index < -0.39 is 10.0 Å². The number of sulfonamides is 1. The van der Waals surface area contributed by atoms with Gasteiger partial charge in [-0.2, -0.15) is 0 Å². The van der Waals surface area contributed by atoms with Gasteiger partial charge in [-0.1, -0.05) is 18.2 Å². The molecular formula is C13H23N3O2S. The van der Waals surface area contributed by atoms with Crippen LogP contribution in [0.5, 0.6) is 0 Å². The summed E-state index contributed by atoms with van der Waals surface area (Å²) in [5.74, 6) is 0. The minimum absolute atomic E-state index is 0.211. The molecule has 0 aliphatic carbocycles. The van der Waals surface area contributed by atoms with Gasteiger partial charge in [0.15, 0.2) is 0 Å². The maximum Gasteiger partial charge on any atom is 0.240 e. The molecule has 1 aromatic carbocycles. The monoisotopic (exact) mass is 285 g/mol. The predicted octanol–water partition coefficient (Wildman–Crippen LogP) is 0.764. The first-order valence-electron chi connectivity index (χ1n) is 6.36. The van der Waals surface area contributed by atoms with E-state index in [-0.39, 0.29) is 11.4 Å². The van der Waals surface area contributed by atoms with Crippen LogP contribution in [0, 0.1) is 0 Å². The minimum Gasteiger partial charge on any atom is -0.326 e. The number of nitrogens with zero attached hydrogens (tertiary/aromatic N) is 1. The van der Waals surface area contributed by atoms with Crippen LogP contribution >= 0.6 is 0 Å². The molecule has 0 aromatic heterocycles. The molecule has 0 saturated carbocycles. The van der Waals surface area contributed by atoms with Crippen LogP contribution in [0.4, 0.5) is 0 Å². The molecule has 6 heteroatoms. The molecule has 0 saturated heterocycles. The van der Waals surface area contributed by atoms with E-state index in [9.17, 15) is 8.42 Å². The van der Waals surface area contributed by atoms with E-state index in [0.29, 0.717) is 24.7 Å². The quantitative estimate of drug-likeness (QED) is 0.776. The molecule has 0 aliphatic rings. The summed E-state index contributed by atoms with van der Waals surface area (Å²) in [7, 11) is -1.52. The van der Waals surface area contributed by atoms with Gasteiger partial charge in [0, 0.05) is 25.7 Å². The molecule has 108 valence electrons. The Bertz CT molecular complexity index is 500. The molecule has 0 radical (unpaired) electrons. The van der Waals surface area contributed by atoms with Crippen LogP contribution in [0.15, 0.2) is 29.2 Å². The van der Waals surface area contributed by atoms with Crippen LogP contribution in [-0.2, 0) is 16.6 Å². The topological polar surface area (TPSA) is 75.4 Å². The van der Waals surface area contributed by atoms with E-state index in [4.69, 9.17) is 5.73 Å². The molecule has 3 N–H and O–H groups in total. The summed E-state index contributed by atoms with van der Waals surface area (Å²) < 4.78 is 27.0. The molecule has 5 nitrogen and oxygen atoms in total. The lowest BCUT2D eigenvalue weighted by atomic mass is 10.2.